The Hall–Kier alpha value is -1.67. The Morgan fingerprint density at radius 2 is 2.24 bits per heavy atom. The number of guanidine groups is 1. The maximum Gasteiger partial charge on any atom is 0.289 e. The molecule has 92 valence electrons. The lowest BCUT2D eigenvalue weighted by Gasteiger charge is -2.18. The lowest BCUT2D eigenvalue weighted by molar-refractivity contribution is 0.0332. The first-order chi connectivity index (χ1) is 7.99. The molecular weight excluding hydrogens is 244 g/mol. The van der Waals surface area contributed by atoms with Crippen molar-refractivity contribution >= 4 is 21.7 Å². The van der Waals surface area contributed by atoms with Crippen molar-refractivity contribution in [1.29, 1.82) is 0 Å². The van der Waals surface area contributed by atoms with Crippen LogP contribution in [0.25, 0.3) is 0 Å². The van der Waals surface area contributed by atoms with E-state index in [1.54, 1.807) is 6.07 Å². The van der Waals surface area contributed by atoms with Crippen molar-refractivity contribution in [1.82, 2.24) is 10.5 Å². The zero-order valence-electron chi connectivity index (χ0n) is 9.34. The Kier molecular flexibility index (Phi) is 2.99. The molecule has 0 radical (unpaired) electrons. The molecule has 1 aliphatic heterocycles. The van der Waals surface area contributed by atoms with Gasteiger partial charge in [0.1, 0.15) is 4.90 Å². The molecule has 17 heavy (non-hydrogen) atoms. The molecule has 0 aliphatic carbocycles. The molecule has 2 N–H and O–H groups in total. The number of sulfonamides is 1. The monoisotopic (exact) mass is 256 g/mol. The van der Waals surface area contributed by atoms with Gasteiger partial charge in [-0.05, 0) is 19.9 Å². The number of hydrogen-bond acceptors (Lipinski definition) is 6. The van der Waals surface area contributed by atoms with Crippen molar-refractivity contribution in [2.75, 3.05) is 5.32 Å². The molecule has 1 aliphatic rings. The van der Waals surface area contributed by atoms with Crippen LogP contribution in [-0.2, 0) is 14.9 Å². The summed E-state index contributed by atoms with van der Waals surface area (Å²) in [6.07, 6.45) is 2.65. The van der Waals surface area contributed by atoms with E-state index in [2.05, 4.69) is 20.2 Å². The Bertz CT molecular complexity index is 553. The van der Waals surface area contributed by atoms with Crippen molar-refractivity contribution in [3.8, 4) is 0 Å². The molecule has 0 atom stereocenters. The van der Waals surface area contributed by atoms with Gasteiger partial charge in [0.25, 0.3) is 10.0 Å². The number of hydroxylamine groups is 1. The van der Waals surface area contributed by atoms with Gasteiger partial charge in [-0.25, -0.2) is 5.48 Å². The minimum atomic E-state index is -3.72. The summed E-state index contributed by atoms with van der Waals surface area (Å²) >= 11 is 0. The summed E-state index contributed by atoms with van der Waals surface area (Å²) in [4.78, 5) is 8.87. The molecule has 0 saturated heterocycles. The molecule has 0 bridgehead atoms. The smallest absolute Gasteiger partial charge is 0.289 e. The zero-order valence-corrected chi connectivity index (χ0v) is 10.2. The summed E-state index contributed by atoms with van der Waals surface area (Å²) in [5.74, 6) is 0.0393. The normalized spacial score (nSPS) is 17.0. The van der Waals surface area contributed by atoms with Gasteiger partial charge in [0.05, 0.1) is 11.8 Å². The average molecular weight is 256 g/mol. The van der Waals surface area contributed by atoms with Crippen LogP contribution in [0.3, 0.4) is 0 Å². The molecule has 0 unspecified atom stereocenters. The van der Waals surface area contributed by atoms with Crippen molar-refractivity contribution in [3.63, 3.8) is 0 Å². The highest BCUT2D eigenvalue weighted by molar-refractivity contribution is 7.90. The van der Waals surface area contributed by atoms with E-state index in [0.717, 1.165) is 0 Å². The van der Waals surface area contributed by atoms with Gasteiger partial charge in [-0.2, -0.15) is 8.42 Å². The van der Waals surface area contributed by atoms with Crippen LogP contribution >= 0.6 is 0 Å². The van der Waals surface area contributed by atoms with Crippen molar-refractivity contribution in [3.05, 3.63) is 18.5 Å². The summed E-state index contributed by atoms with van der Waals surface area (Å²) in [6.45, 7) is 3.62. The first-order valence-electron chi connectivity index (χ1n) is 4.97. The van der Waals surface area contributed by atoms with Gasteiger partial charge in [0.2, 0.25) is 5.96 Å². The largest absolute Gasteiger partial charge is 0.322 e. The standard InChI is InChI=1S/C9H12N4O3S/c1-6(2)16-12-9-11-7-3-4-10-5-8(7)17(14,15)13-9/h3-6H,1-2H3,(H2,11,12,13). The summed E-state index contributed by atoms with van der Waals surface area (Å²) in [7, 11) is -3.72. The second-order valence-electron chi connectivity index (χ2n) is 3.68. The Morgan fingerprint density at radius 1 is 1.47 bits per heavy atom. The maximum absolute atomic E-state index is 11.8. The average Bonchev–Trinajstić information content (AvgIpc) is 2.25. The number of aromatic nitrogens is 1. The molecule has 0 saturated carbocycles. The molecule has 2 heterocycles. The van der Waals surface area contributed by atoms with E-state index in [9.17, 15) is 8.42 Å². The number of hydrogen-bond donors (Lipinski definition) is 2. The highest BCUT2D eigenvalue weighted by atomic mass is 32.2. The van der Waals surface area contributed by atoms with Gasteiger partial charge in [0, 0.05) is 12.4 Å². The Labute approximate surface area is 98.9 Å². The van der Waals surface area contributed by atoms with Crippen LogP contribution in [0.15, 0.2) is 27.8 Å². The third kappa shape index (κ3) is 2.53. The number of rotatable bonds is 2. The third-order valence-corrected chi connectivity index (χ3v) is 3.22. The van der Waals surface area contributed by atoms with Crippen LogP contribution in [-0.4, -0.2) is 25.5 Å². The Morgan fingerprint density at radius 3 is 2.94 bits per heavy atom. The molecule has 0 fully saturated rings. The van der Waals surface area contributed by atoms with Gasteiger partial charge < -0.3 is 5.32 Å². The lowest BCUT2D eigenvalue weighted by Crippen LogP contribution is -2.36. The molecule has 2 rings (SSSR count). The summed E-state index contributed by atoms with van der Waals surface area (Å²) in [5, 5.41) is 2.80. The maximum atomic E-state index is 11.8. The van der Waals surface area contributed by atoms with Gasteiger partial charge in [-0.1, -0.05) is 0 Å². The van der Waals surface area contributed by atoms with Crippen LogP contribution in [0.4, 0.5) is 5.69 Å². The van der Waals surface area contributed by atoms with Crippen LogP contribution in [0.5, 0.6) is 0 Å². The predicted octanol–water partition coefficient (Wildman–Crippen LogP) is 0.481. The SMILES string of the molecule is CC(C)ONC1=NS(=O)(=O)c2cnccc2N1. The van der Waals surface area contributed by atoms with Crippen LogP contribution in [0, 0.1) is 0 Å². The number of fused-ring (bicyclic) bond motifs is 1. The van der Waals surface area contributed by atoms with Crippen molar-refractivity contribution < 1.29 is 13.3 Å². The number of nitrogens with one attached hydrogen (secondary N) is 2. The van der Waals surface area contributed by atoms with E-state index in [4.69, 9.17) is 4.84 Å². The van der Waals surface area contributed by atoms with E-state index in [0.29, 0.717) is 5.69 Å². The van der Waals surface area contributed by atoms with E-state index < -0.39 is 10.0 Å². The highest BCUT2D eigenvalue weighted by Gasteiger charge is 2.25. The topological polar surface area (TPSA) is 92.7 Å². The van der Waals surface area contributed by atoms with Gasteiger partial charge in [0.15, 0.2) is 0 Å². The van der Waals surface area contributed by atoms with Crippen LogP contribution in [0.2, 0.25) is 0 Å². The molecule has 0 amide bonds. The van der Waals surface area contributed by atoms with Gasteiger partial charge in [-0.15, -0.1) is 4.40 Å². The lowest BCUT2D eigenvalue weighted by atomic mass is 10.4. The first-order valence-corrected chi connectivity index (χ1v) is 6.41. The van der Waals surface area contributed by atoms with E-state index in [1.807, 2.05) is 13.8 Å². The van der Waals surface area contributed by atoms with E-state index >= 15 is 0 Å². The molecular formula is C9H12N4O3S. The van der Waals surface area contributed by atoms with Gasteiger partial charge >= 0.3 is 0 Å². The number of anilines is 1. The fraction of sp³-hybridized carbons (Fsp3) is 0.333. The molecule has 0 aromatic carbocycles. The molecule has 8 heteroatoms. The zero-order chi connectivity index (χ0) is 12.5. The minimum Gasteiger partial charge on any atom is -0.322 e. The molecule has 1 aromatic heterocycles. The predicted molar refractivity (Wildman–Crippen MR) is 61.8 cm³/mol. The first kappa shape index (κ1) is 11.8. The Balaban J connectivity index is 2.29. The summed E-state index contributed by atoms with van der Waals surface area (Å²) in [6, 6.07) is 1.55. The highest BCUT2D eigenvalue weighted by Crippen LogP contribution is 2.24. The fourth-order valence-corrected chi connectivity index (χ4v) is 2.24. The van der Waals surface area contributed by atoms with Crippen molar-refractivity contribution in [2.45, 2.75) is 24.8 Å². The molecule has 1 aromatic rings. The quantitative estimate of drug-likeness (QED) is 0.748. The second-order valence-corrected chi connectivity index (χ2v) is 5.25. The van der Waals surface area contributed by atoms with E-state index in [1.165, 1.54) is 12.4 Å². The van der Waals surface area contributed by atoms with Crippen LogP contribution < -0.4 is 10.8 Å². The van der Waals surface area contributed by atoms with Gasteiger partial charge in [-0.3, -0.25) is 9.82 Å². The van der Waals surface area contributed by atoms with E-state index in [-0.39, 0.29) is 17.0 Å². The van der Waals surface area contributed by atoms with Crippen LogP contribution in [0.1, 0.15) is 13.8 Å². The summed E-state index contributed by atoms with van der Waals surface area (Å²) in [5.41, 5.74) is 2.88. The second kappa shape index (κ2) is 4.30. The minimum absolute atomic E-state index is 0.0393. The fourth-order valence-electron chi connectivity index (χ4n) is 1.23. The third-order valence-electron chi connectivity index (χ3n) is 1.92. The number of nitrogens with zero attached hydrogens (tertiary/aromatic N) is 2. The van der Waals surface area contributed by atoms with Crippen molar-refractivity contribution in [2.24, 2.45) is 4.40 Å². The molecule has 0 spiro atoms. The number of pyridine rings is 1. The summed E-state index contributed by atoms with van der Waals surface area (Å²) < 4.78 is 27.1. The molecule has 7 nitrogen and oxygen atoms in total.